The first-order chi connectivity index (χ1) is 48.9. The predicted octanol–water partition coefficient (Wildman–Crippen LogP) is -3.93. The summed E-state index contributed by atoms with van der Waals surface area (Å²) < 4.78 is 79.0. The highest BCUT2D eigenvalue weighted by molar-refractivity contribution is 5.91. The Kier molecular flexibility index (Phi) is 23.2. The SMILES string of the molecule is C[C@@H]1O[C@@H](OC[C@H]2O[C@@H](Oc3cc4c(O)cc(O[C@@H]5O[C@H](COC(=O)c6ccc(O[C@@H]7O[C@H](COC(=O)c8ccc(O[C@@H]9O[C@H](COC(=O)c%10ccc(O)cc%10)[C@@H](O)[C@H](O)[C@H]9O)cc8)[C@@H](O)[C@H](O)[C@H]7O)cc6)[C@@H](O)[C@H](O)[C@H]5O)cc4[o+]c3-c3cc(O)c(O)c(O)c3)[C@H](O)[C@@H](O)[C@@H]2O)[C@H](O)[C@H](O)[C@H]1O. The number of aromatic hydroxyl groups is 5. The van der Waals surface area contributed by atoms with Gasteiger partial charge in [0.15, 0.2) is 23.5 Å². The van der Waals surface area contributed by atoms with Crippen LogP contribution < -0.4 is 18.9 Å². The van der Waals surface area contributed by atoms with E-state index < -0.39 is 232 Å². The van der Waals surface area contributed by atoms with Crippen LogP contribution in [0.3, 0.4) is 0 Å². The van der Waals surface area contributed by atoms with Crippen LogP contribution in [0.5, 0.6) is 51.7 Å². The second-order valence-corrected chi connectivity index (χ2v) is 24.6. The first kappa shape index (κ1) is 75.4. The molecule has 37 nitrogen and oxygen atoms in total. The molecule has 1 aromatic heterocycles. The standard InChI is InChI=1S/C66H72O37/c1-23-42(71)48(77)53(82)62(94-23)93-22-41-47(76)52(81)57(86)66(103-41)99-37-18-32-33(68)16-31(17-36(32)98-58(37)27-14-34(69)43(72)35(70)15-27)97-65-56(85)51(80)46(75)40(102-65)21-92-61(89)26-6-12-30(13-7-26)96-64-55(84)50(79)45(74)39(101-64)20-91-60(88)25-4-10-29(11-5-25)95-63-54(83)49(78)44(73)38(100-63)19-90-59(87)24-2-8-28(67)9-3-24/h2-18,23,38-42,44-57,62-66,71,73-86H,19-22H2,1H3,(H4-,67,68,69,70,72,87)/p+1/t23-,38+,39+,40+,41+,42-,44+,45+,46+,47+,48+,49-,50-,51-,52-,53+,54+,55+,56+,57+,62+,63+,64+,65+,66+/m0/s1. The minimum Gasteiger partial charge on any atom is -0.508 e. The van der Waals surface area contributed by atoms with Crippen LogP contribution in [-0.4, -0.2) is 300 Å². The summed E-state index contributed by atoms with van der Waals surface area (Å²) in [6.45, 7) is -1.38. The van der Waals surface area contributed by atoms with Crippen molar-refractivity contribution in [3.05, 3.63) is 120 Å². The number of ether oxygens (including phenoxy) is 13. The van der Waals surface area contributed by atoms with Gasteiger partial charge in [0.25, 0.3) is 0 Å². The molecule has 0 bridgehead atoms. The van der Waals surface area contributed by atoms with Gasteiger partial charge in [-0.3, -0.25) is 0 Å². The van der Waals surface area contributed by atoms with Gasteiger partial charge in [-0.05, 0) is 79.7 Å². The van der Waals surface area contributed by atoms with E-state index in [0.29, 0.717) is 0 Å². The third-order valence-electron chi connectivity index (χ3n) is 17.5. The molecule has 0 saturated carbocycles. The van der Waals surface area contributed by atoms with Gasteiger partial charge in [0.1, 0.15) is 170 Å². The molecule has 25 atom stereocenters. The molecule has 37 heteroatoms. The van der Waals surface area contributed by atoms with E-state index in [0.717, 1.165) is 30.3 Å². The van der Waals surface area contributed by atoms with Crippen molar-refractivity contribution in [3.8, 4) is 63.1 Å². The second kappa shape index (κ2) is 31.7. The first-order valence-corrected chi connectivity index (χ1v) is 31.6. The van der Waals surface area contributed by atoms with Crippen molar-refractivity contribution in [1.29, 1.82) is 0 Å². The van der Waals surface area contributed by atoms with Gasteiger partial charge < -0.3 is 164 Å². The van der Waals surface area contributed by atoms with Gasteiger partial charge in [-0.2, -0.15) is 0 Å². The number of carbonyl (C=O) groups is 3. The van der Waals surface area contributed by atoms with Crippen molar-refractivity contribution in [3.63, 3.8) is 0 Å². The zero-order valence-electron chi connectivity index (χ0n) is 53.5. The predicted molar refractivity (Wildman–Crippen MR) is 332 cm³/mol. The van der Waals surface area contributed by atoms with Crippen LogP contribution in [0, 0.1) is 0 Å². The Balaban J connectivity index is 0.688. The number of esters is 3. The van der Waals surface area contributed by atoms with Gasteiger partial charge in [0, 0.05) is 24.3 Å². The third-order valence-corrected chi connectivity index (χ3v) is 17.5. The molecule has 11 rings (SSSR count). The maximum atomic E-state index is 13.4. The van der Waals surface area contributed by atoms with Crippen LogP contribution in [0.4, 0.5) is 0 Å². The number of phenols is 5. The molecule has 0 amide bonds. The molecular weight excluding hydrogens is 1380 g/mol. The number of rotatable bonds is 21. The molecule has 5 saturated heterocycles. The maximum absolute atomic E-state index is 13.4. The van der Waals surface area contributed by atoms with Gasteiger partial charge in [-0.1, -0.05) is 0 Å². The zero-order valence-corrected chi connectivity index (χ0v) is 53.5. The molecule has 5 aliphatic heterocycles. The van der Waals surface area contributed by atoms with E-state index in [1.807, 2.05) is 0 Å². The van der Waals surface area contributed by atoms with Crippen LogP contribution in [0.1, 0.15) is 38.0 Å². The topological polar surface area (TPSA) is 587 Å². The van der Waals surface area contributed by atoms with E-state index in [9.17, 15) is 117 Å². The van der Waals surface area contributed by atoms with Crippen molar-refractivity contribution in [2.45, 2.75) is 160 Å². The van der Waals surface area contributed by atoms with Crippen LogP contribution in [0.25, 0.3) is 22.3 Å². The number of fused-ring (bicyclic) bond motifs is 1. The molecule has 0 aliphatic carbocycles. The van der Waals surface area contributed by atoms with Crippen LogP contribution in [0.15, 0.2) is 108 Å². The lowest BCUT2D eigenvalue weighted by atomic mass is 9.98. The number of carbonyl (C=O) groups excluding carboxylic acids is 3. The Morgan fingerprint density at radius 1 is 0.369 bits per heavy atom. The molecule has 0 spiro atoms. The number of phenolic OH excluding ortho intramolecular Hbond substituents is 5. The monoisotopic (exact) mass is 1460 g/mol. The van der Waals surface area contributed by atoms with Crippen molar-refractivity contribution < 1.29 is 183 Å². The summed E-state index contributed by atoms with van der Waals surface area (Å²) in [7, 11) is 0. The summed E-state index contributed by atoms with van der Waals surface area (Å²) in [5, 5.41) is 213. The van der Waals surface area contributed by atoms with Crippen molar-refractivity contribution >= 4 is 28.9 Å². The van der Waals surface area contributed by atoms with E-state index in [4.69, 9.17) is 66.0 Å². The first-order valence-electron chi connectivity index (χ1n) is 31.6. The van der Waals surface area contributed by atoms with Gasteiger partial charge in [-0.15, -0.1) is 0 Å². The number of aliphatic hydroxyl groups is 15. The van der Waals surface area contributed by atoms with Gasteiger partial charge in [-0.25, -0.2) is 18.8 Å². The van der Waals surface area contributed by atoms with E-state index >= 15 is 0 Å². The number of benzene rings is 5. The minimum absolute atomic E-state index is 0.00875. The lowest BCUT2D eigenvalue weighted by Crippen LogP contribution is -2.61. The third kappa shape index (κ3) is 16.5. The van der Waals surface area contributed by atoms with Crippen molar-refractivity contribution in [2.24, 2.45) is 0 Å². The van der Waals surface area contributed by atoms with Crippen LogP contribution >= 0.6 is 0 Å². The second-order valence-electron chi connectivity index (χ2n) is 24.6. The van der Waals surface area contributed by atoms with Crippen molar-refractivity contribution in [2.75, 3.05) is 26.4 Å². The highest BCUT2D eigenvalue weighted by Crippen LogP contribution is 2.46. The van der Waals surface area contributed by atoms with Crippen LogP contribution in [0.2, 0.25) is 0 Å². The summed E-state index contributed by atoms with van der Waals surface area (Å²) in [6.07, 6.45) is -43.6. The molecule has 20 N–H and O–H groups in total. The highest BCUT2D eigenvalue weighted by Gasteiger charge is 2.51. The minimum atomic E-state index is -2.05. The lowest BCUT2D eigenvalue weighted by Gasteiger charge is -2.42. The molecule has 5 aromatic carbocycles. The maximum Gasteiger partial charge on any atom is 0.402 e. The Bertz CT molecular complexity index is 3900. The summed E-state index contributed by atoms with van der Waals surface area (Å²) >= 11 is 0. The largest absolute Gasteiger partial charge is 0.508 e. The summed E-state index contributed by atoms with van der Waals surface area (Å²) in [5.74, 6) is -7.70. The van der Waals surface area contributed by atoms with E-state index in [1.54, 1.807) is 0 Å². The average Bonchev–Trinajstić information content (AvgIpc) is 0.761. The quantitative estimate of drug-likeness (QED) is 0.0142. The fourth-order valence-electron chi connectivity index (χ4n) is 11.4. The van der Waals surface area contributed by atoms with E-state index in [2.05, 4.69) is 0 Å². The molecule has 5 aliphatic rings. The fraction of sp³-hybridized carbons (Fsp3) is 0.455. The average molecular weight is 1460 g/mol. The molecule has 558 valence electrons. The van der Waals surface area contributed by atoms with E-state index in [-0.39, 0.29) is 56.2 Å². The number of hydrogen-bond donors (Lipinski definition) is 20. The molecular formula is C66H73O37+. The van der Waals surface area contributed by atoms with Gasteiger partial charge >= 0.3 is 29.3 Å². The smallest absolute Gasteiger partial charge is 0.402 e. The summed E-state index contributed by atoms with van der Waals surface area (Å²) in [4.78, 5) is 39.0. The molecule has 0 unspecified atom stereocenters. The van der Waals surface area contributed by atoms with Crippen LogP contribution in [-0.2, 0) is 42.6 Å². The van der Waals surface area contributed by atoms with E-state index in [1.165, 1.54) is 79.7 Å². The lowest BCUT2D eigenvalue weighted by molar-refractivity contribution is -0.318. The van der Waals surface area contributed by atoms with Crippen molar-refractivity contribution in [1.82, 2.24) is 0 Å². The normalized spacial score (nSPS) is 33.8. The number of hydrogen-bond acceptors (Lipinski definition) is 36. The summed E-state index contributed by atoms with van der Waals surface area (Å²) in [6, 6.07) is 19.9. The van der Waals surface area contributed by atoms with Gasteiger partial charge in [0.2, 0.25) is 30.9 Å². The Labute approximate surface area is 579 Å². The number of aliphatic hydroxyl groups excluding tert-OH is 15. The Morgan fingerprint density at radius 3 is 1.15 bits per heavy atom. The molecule has 103 heavy (non-hydrogen) atoms. The molecule has 5 fully saturated rings. The molecule has 6 aromatic rings. The fourth-order valence-corrected chi connectivity index (χ4v) is 11.4. The highest BCUT2D eigenvalue weighted by atomic mass is 16.7. The zero-order chi connectivity index (χ0) is 74.2. The molecule has 6 heterocycles. The Hall–Kier alpha value is -8.72. The summed E-state index contributed by atoms with van der Waals surface area (Å²) in [5.41, 5.74) is -0.716. The Morgan fingerprint density at radius 2 is 0.728 bits per heavy atom. The van der Waals surface area contributed by atoms with Gasteiger partial charge in [0.05, 0.1) is 41.0 Å². The molecule has 0 radical (unpaired) electrons.